The van der Waals surface area contributed by atoms with E-state index in [1.807, 2.05) is 31.2 Å². The summed E-state index contributed by atoms with van der Waals surface area (Å²) in [6, 6.07) is 7.86. The number of nitrogens with one attached hydrogen (secondary N) is 1. The van der Waals surface area contributed by atoms with E-state index in [1.165, 1.54) is 6.92 Å². The number of fused-ring (bicyclic) bond motifs is 1. The highest BCUT2D eigenvalue weighted by Crippen LogP contribution is 2.37. The SMILES string of the molecule is CCN(Cc1ccc(NC(C)=O)cc1)C[C@@]1(C)Cc2c(N)nc(N)nc2O1. The zero-order valence-electron chi connectivity index (χ0n) is 16.0. The van der Waals surface area contributed by atoms with Crippen LogP contribution in [0.25, 0.3) is 0 Å². The van der Waals surface area contributed by atoms with Gasteiger partial charge in [-0.25, -0.2) is 0 Å². The van der Waals surface area contributed by atoms with Crippen LogP contribution in [-0.2, 0) is 17.8 Å². The van der Waals surface area contributed by atoms with E-state index in [9.17, 15) is 4.79 Å². The second-order valence-electron chi connectivity index (χ2n) is 7.16. The highest BCUT2D eigenvalue weighted by Gasteiger charge is 2.39. The van der Waals surface area contributed by atoms with E-state index in [0.717, 1.165) is 29.9 Å². The number of ether oxygens (including phenoxy) is 1. The number of benzene rings is 1. The summed E-state index contributed by atoms with van der Waals surface area (Å²) < 4.78 is 6.09. The Kier molecular flexibility index (Phi) is 5.18. The van der Waals surface area contributed by atoms with Gasteiger partial charge in [-0.15, -0.1) is 0 Å². The minimum atomic E-state index is -0.439. The standard InChI is InChI=1S/C19H26N6O2/c1-4-25(10-13-5-7-14(8-6-13)22-12(2)26)11-19(3)9-15-16(20)23-18(21)24-17(15)27-19/h5-8H,4,9-11H2,1-3H3,(H,22,26)(H4,20,21,23,24)/t19-/m1/s1. The molecule has 2 heterocycles. The van der Waals surface area contributed by atoms with Gasteiger partial charge in [0.25, 0.3) is 0 Å². The van der Waals surface area contributed by atoms with E-state index in [4.69, 9.17) is 16.2 Å². The molecule has 8 nitrogen and oxygen atoms in total. The number of carbonyl (C=O) groups is 1. The fourth-order valence-corrected chi connectivity index (χ4v) is 3.39. The Morgan fingerprint density at radius 3 is 2.63 bits per heavy atom. The van der Waals surface area contributed by atoms with Crippen LogP contribution in [0, 0.1) is 0 Å². The molecule has 0 saturated heterocycles. The minimum Gasteiger partial charge on any atom is -0.469 e. The third kappa shape index (κ3) is 4.46. The molecule has 1 amide bonds. The number of likely N-dealkylation sites (N-methyl/N-ethyl adjacent to an activating group) is 1. The minimum absolute atomic E-state index is 0.0770. The van der Waals surface area contributed by atoms with Gasteiger partial charge < -0.3 is 21.5 Å². The Morgan fingerprint density at radius 2 is 2.00 bits per heavy atom. The van der Waals surface area contributed by atoms with Gasteiger partial charge in [0, 0.05) is 32.1 Å². The lowest BCUT2D eigenvalue weighted by atomic mass is 9.99. The number of amides is 1. The predicted molar refractivity (Wildman–Crippen MR) is 105 cm³/mol. The van der Waals surface area contributed by atoms with E-state index in [0.29, 0.717) is 24.7 Å². The largest absolute Gasteiger partial charge is 0.469 e. The lowest BCUT2D eigenvalue weighted by molar-refractivity contribution is -0.114. The van der Waals surface area contributed by atoms with Crippen molar-refractivity contribution in [3.63, 3.8) is 0 Å². The first-order valence-electron chi connectivity index (χ1n) is 8.98. The number of aromatic nitrogens is 2. The van der Waals surface area contributed by atoms with Crippen molar-refractivity contribution in [2.75, 3.05) is 29.9 Å². The lowest BCUT2D eigenvalue weighted by Crippen LogP contribution is -2.44. The molecule has 1 aromatic carbocycles. The number of hydrogen-bond donors (Lipinski definition) is 3. The molecule has 0 unspecified atom stereocenters. The van der Waals surface area contributed by atoms with Gasteiger partial charge in [-0.2, -0.15) is 9.97 Å². The molecule has 1 aromatic heterocycles. The van der Waals surface area contributed by atoms with E-state index < -0.39 is 5.60 Å². The Labute approximate surface area is 158 Å². The van der Waals surface area contributed by atoms with Gasteiger partial charge in [0.15, 0.2) is 0 Å². The molecule has 5 N–H and O–H groups in total. The van der Waals surface area contributed by atoms with Crippen LogP contribution in [0.3, 0.4) is 0 Å². The van der Waals surface area contributed by atoms with Crippen molar-refractivity contribution in [1.82, 2.24) is 14.9 Å². The number of anilines is 3. The molecule has 1 atom stereocenters. The van der Waals surface area contributed by atoms with Crippen LogP contribution in [0.5, 0.6) is 5.88 Å². The summed E-state index contributed by atoms with van der Waals surface area (Å²) in [4.78, 5) is 21.6. The van der Waals surface area contributed by atoms with Gasteiger partial charge in [-0.3, -0.25) is 9.69 Å². The molecule has 3 rings (SSSR count). The molecule has 1 aliphatic heterocycles. The third-order valence-electron chi connectivity index (χ3n) is 4.60. The van der Waals surface area contributed by atoms with Crippen LogP contribution in [0.2, 0.25) is 0 Å². The highest BCUT2D eigenvalue weighted by atomic mass is 16.5. The molecule has 8 heteroatoms. The maximum Gasteiger partial charge on any atom is 0.225 e. The molecular formula is C19H26N6O2. The van der Waals surface area contributed by atoms with Crippen molar-refractivity contribution >= 4 is 23.4 Å². The van der Waals surface area contributed by atoms with Gasteiger partial charge in [0.1, 0.15) is 11.4 Å². The monoisotopic (exact) mass is 370 g/mol. The normalized spacial score (nSPS) is 18.2. The number of rotatable bonds is 6. The molecule has 1 aliphatic rings. The van der Waals surface area contributed by atoms with Crippen molar-refractivity contribution in [1.29, 1.82) is 0 Å². The fraction of sp³-hybridized carbons (Fsp3) is 0.421. The van der Waals surface area contributed by atoms with Crippen molar-refractivity contribution in [3.05, 3.63) is 35.4 Å². The molecule has 0 aliphatic carbocycles. The first kappa shape index (κ1) is 18.9. The average Bonchev–Trinajstić information content (AvgIpc) is 2.92. The van der Waals surface area contributed by atoms with Gasteiger partial charge in [-0.05, 0) is 31.2 Å². The molecule has 144 valence electrons. The summed E-state index contributed by atoms with van der Waals surface area (Å²) in [5.41, 5.74) is 14.0. The van der Waals surface area contributed by atoms with Gasteiger partial charge in [0.2, 0.25) is 17.7 Å². The summed E-state index contributed by atoms with van der Waals surface area (Å²) in [7, 11) is 0. The fourth-order valence-electron chi connectivity index (χ4n) is 3.39. The smallest absolute Gasteiger partial charge is 0.225 e. The predicted octanol–water partition coefficient (Wildman–Crippen LogP) is 1.82. The van der Waals surface area contributed by atoms with Crippen molar-refractivity contribution in [2.45, 2.75) is 39.3 Å². The van der Waals surface area contributed by atoms with Crippen LogP contribution in [-0.4, -0.2) is 39.5 Å². The first-order valence-corrected chi connectivity index (χ1v) is 8.98. The third-order valence-corrected chi connectivity index (χ3v) is 4.60. The summed E-state index contributed by atoms with van der Waals surface area (Å²) in [6.45, 7) is 8.02. The lowest BCUT2D eigenvalue weighted by Gasteiger charge is -2.31. The number of nitrogens with two attached hydrogens (primary N) is 2. The van der Waals surface area contributed by atoms with Crippen molar-refractivity contribution in [2.24, 2.45) is 0 Å². The molecule has 27 heavy (non-hydrogen) atoms. The Morgan fingerprint density at radius 1 is 1.30 bits per heavy atom. The van der Waals surface area contributed by atoms with Gasteiger partial charge in [-0.1, -0.05) is 19.1 Å². The molecular weight excluding hydrogens is 344 g/mol. The Hall–Kier alpha value is -2.87. The number of hydrogen-bond acceptors (Lipinski definition) is 7. The topological polar surface area (TPSA) is 119 Å². The summed E-state index contributed by atoms with van der Waals surface area (Å²) >= 11 is 0. The molecule has 2 aromatic rings. The van der Waals surface area contributed by atoms with Crippen LogP contribution in [0.15, 0.2) is 24.3 Å². The van der Waals surface area contributed by atoms with Gasteiger partial charge in [0.05, 0.1) is 5.56 Å². The molecule has 0 radical (unpaired) electrons. The number of carbonyl (C=O) groups excluding carboxylic acids is 1. The second-order valence-corrected chi connectivity index (χ2v) is 7.16. The molecule has 0 spiro atoms. The van der Waals surface area contributed by atoms with Crippen LogP contribution < -0.4 is 21.5 Å². The second kappa shape index (κ2) is 7.40. The van der Waals surface area contributed by atoms with E-state index in [2.05, 4.69) is 27.1 Å². The molecule has 0 saturated carbocycles. The average molecular weight is 370 g/mol. The van der Waals surface area contributed by atoms with E-state index >= 15 is 0 Å². The Bertz CT molecular complexity index is 839. The zero-order valence-corrected chi connectivity index (χ0v) is 16.0. The first-order chi connectivity index (χ1) is 12.8. The maximum absolute atomic E-state index is 11.1. The summed E-state index contributed by atoms with van der Waals surface area (Å²) in [6.07, 6.45) is 0.645. The Balaban J connectivity index is 1.67. The van der Waals surface area contributed by atoms with Crippen LogP contribution in [0.1, 0.15) is 31.9 Å². The number of nitrogen functional groups attached to an aromatic ring is 2. The maximum atomic E-state index is 11.1. The summed E-state index contributed by atoms with van der Waals surface area (Å²) in [5.74, 6) is 0.921. The van der Waals surface area contributed by atoms with E-state index in [1.54, 1.807) is 0 Å². The van der Waals surface area contributed by atoms with Crippen LogP contribution >= 0.6 is 0 Å². The van der Waals surface area contributed by atoms with Crippen LogP contribution in [0.4, 0.5) is 17.5 Å². The zero-order chi connectivity index (χ0) is 19.6. The van der Waals surface area contributed by atoms with Crippen molar-refractivity contribution in [3.8, 4) is 5.88 Å². The van der Waals surface area contributed by atoms with Gasteiger partial charge >= 0.3 is 0 Å². The quantitative estimate of drug-likeness (QED) is 0.709. The van der Waals surface area contributed by atoms with Crippen molar-refractivity contribution < 1.29 is 9.53 Å². The summed E-state index contributed by atoms with van der Waals surface area (Å²) in [5, 5.41) is 2.78. The molecule has 0 bridgehead atoms. The number of nitrogens with zero attached hydrogens (tertiary/aromatic N) is 3. The highest BCUT2D eigenvalue weighted by molar-refractivity contribution is 5.88. The molecule has 0 fully saturated rings. The van der Waals surface area contributed by atoms with E-state index in [-0.39, 0.29) is 11.9 Å².